The Kier molecular flexibility index (Phi) is 5.09. The highest BCUT2D eigenvalue weighted by Gasteiger charge is 2.20. The van der Waals surface area contributed by atoms with Crippen LogP contribution in [0.5, 0.6) is 0 Å². The lowest BCUT2D eigenvalue weighted by Gasteiger charge is -2.10. The number of nitrogens with two attached hydrogens (primary N) is 1. The second kappa shape index (κ2) is 7.25. The van der Waals surface area contributed by atoms with Crippen LogP contribution in [0.25, 0.3) is 0 Å². The summed E-state index contributed by atoms with van der Waals surface area (Å²) in [7, 11) is 0. The van der Waals surface area contributed by atoms with Gasteiger partial charge in [0.25, 0.3) is 5.91 Å². The maximum atomic E-state index is 12.3. The Morgan fingerprint density at radius 2 is 2.22 bits per heavy atom. The van der Waals surface area contributed by atoms with Crippen molar-refractivity contribution in [1.29, 1.82) is 0 Å². The van der Waals surface area contributed by atoms with Crippen LogP contribution in [0.4, 0.5) is 5.82 Å². The number of hydrogen-bond donors (Lipinski definition) is 2. The van der Waals surface area contributed by atoms with Crippen molar-refractivity contribution in [3.8, 4) is 0 Å². The summed E-state index contributed by atoms with van der Waals surface area (Å²) in [4.78, 5) is 12.8. The number of aromatic nitrogens is 1. The third kappa shape index (κ3) is 3.80. The van der Waals surface area contributed by atoms with Crippen molar-refractivity contribution in [2.24, 2.45) is 0 Å². The zero-order valence-electron chi connectivity index (χ0n) is 12.7. The van der Waals surface area contributed by atoms with E-state index in [1.165, 1.54) is 11.3 Å². The van der Waals surface area contributed by atoms with Crippen molar-refractivity contribution in [2.45, 2.75) is 25.5 Å². The van der Waals surface area contributed by atoms with Crippen molar-refractivity contribution in [3.63, 3.8) is 0 Å². The lowest BCUT2D eigenvalue weighted by Crippen LogP contribution is -2.31. The zero-order valence-corrected chi connectivity index (χ0v) is 14.3. The van der Waals surface area contributed by atoms with Crippen LogP contribution >= 0.6 is 23.6 Å². The van der Waals surface area contributed by atoms with Crippen molar-refractivity contribution < 1.29 is 9.53 Å². The van der Waals surface area contributed by atoms with E-state index in [1.807, 2.05) is 30.3 Å². The number of carbonyl (C=O) groups is 1. The van der Waals surface area contributed by atoms with Gasteiger partial charge in [0.2, 0.25) is 0 Å². The van der Waals surface area contributed by atoms with E-state index >= 15 is 0 Å². The van der Waals surface area contributed by atoms with Crippen molar-refractivity contribution in [1.82, 2.24) is 9.88 Å². The summed E-state index contributed by atoms with van der Waals surface area (Å²) in [6.45, 7) is 1.86. The lowest BCUT2D eigenvalue weighted by atomic mass is 10.2. The molecule has 1 aromatic carbocycles. The van der Waals surface area contributed by atoms with Crippen molar-refractivity contribution in [3.05, 3.63) is 44.7 Å². The van der Waals surface area contributed by atoms with Crippen LogP contribution in [-0.2, 0) is 11.3 Å². The molecule has 1 aliphatic heterocycles. The number of nitrogen functional groups attached to an aromatic ring is 1. The van der Waals surface area contributed by atoms with Gasteiger partial charge in [-0.3, -0.25) is 4.79 Å². The summed E-state index contributed by atoms with van der Waals surface area (Å²) >= 11 is 6.62. The van der Waals surface area contributed by atoms with Crippen LogP contribution in [0.2, 0.25) is 0 Å². The van der Waals surface area contributed by atoms with Crippen LogP contribution in [-0.4, -0.2) is 29.7 Å². The molecule has 122 valence electrons. The smallest absolute Gasteiger partial charge is 0.265 e. The molecular formula is C16H19N3O2S2. The Labute approximate surface area is 144 Å². The number of thiazole rings is 1. The zero-order chi connectivity index (χ0) is 16.2. The first-order valence-corrected chi connectivity index (χ1v) is 8.80. The second-order valence-electron chi connectivity index (χ2n) is 5.50. The molecule has 0 saturated carbocycles. The summed E-state index contributed by atoms with van der Waals surface area (Å²) in [6, 6.07) is 9.92. The molecule has 23 heavy (non-hydrogen) atoms. The fourth-order valence-corrected chi connectivity index (χ4v) is 3.83. The van der Waals surface area contributed by atoms with Crippen LogP contribution < -0.4 is 11.1 Å². The predicted molar refractivity (Wildman–Crippen MR) is 94.4 cm³/mol. The highest BCUT2D eigenvalue weighted by Crippen LogP contribution is 2.23. The van der Waals surface area contributed by atoms with Gasteiger partial charge in [-0.25, -0.2) is 0 Å². The maximum Gasteiger partial charge on any atom is 0.265 e. The Bertz CT molecular complexity index is 734. The average Bonchev–Trinajstić information content (AvgIpc) is 3.17. The fraction of sp³-hybridized carbons (Fsp3) is 0.375. The molecule has 2 aromatic rings. The number of hydrogen-bond acceptors (Lipinski definition) is 5. The number of rotatable bonds is 5. The summed E-state index contributed by atoms with van der Waals surface area (Å²) in [5.74, 6) is 0.245. The molecule has 3 N–H and O–H groups in total. The quantitative estimate of drug-likeness (QED) is 0.815. The van der Waals surface area contributed by atoms with E-state index in [1.54, 1.807) is 4.57 Å². The molecule has 0 aliphatic carbocycles. The highest BCUT2D eigenvalue weighted by atomic mass is 32.1. The number of anilines is 1. The molecule has 1 atom stereocenters. The fourth-order valence-electron chi connectivity index (χ4n) is 2.59. The minimum atomic E-state index is -0.180. The van der Waals surface area contributed by atoms with Gasteiger partial charge in [0.05, 0.1) is 12.6 Å². The van der Waals surface area contributed by atoms with E-state index in [-0.39, 0.29) is 12.0 Å². The molecule has 7 heteroatoms. The lowest BCUT2D eigenvalue weighted by molar-refractivity contribution is 0.0861. The summed E-state index contributed by atoms with van der Waals surface area (Å²) in [5, 5.41) is 2.89. The number of amides is 1. The summed E-state index contributed by atoms with van der Waals surface area (Å²) in [5.41, 5.74) is 7.25. The monoisotopic (exact) mass is 349 g/mol. The summed E-state index contributed by atoms with van der Waals surface area (Å²) < 4.78 is 7.92. The van der Waals surface area contributed by atoms with Gasteiger partial charge in [0.15, 0.2) is 3.95 Å². The van der Waals surface area contributed by atoms with E-state index < -0.39 is 0 Å². The number of carbonyl (C=O) groups excluding carboxylic acids is 1. The molecule has 1 aromatic heterocycles. The first kappa shape index (κ1) is 16.2. The predicted octanol–water partition coefficient (Wildman–Crippen LogP) is 2.82. The summed E-state index contributed by atoms with van der Waals surface area (Å²) in [6.07, 6.45) is 2.15. The second-order valence-corrected chi connectivity index (χ2v) is 7.14. The first-order valence-electron chi connectivity index (χ1n) is 7.58. The maximum absolute atomic E-state index is 12.3. The SMILES string of the molecule is Nc1c(C(=O)NCC2CCCO2)sc(=S)n1Cc1ccccc1. The number of nitrogens with zero attached hydrogens (tertiary/aromatic N) is 1. The van der Waals surface area contributed by atoms with E-state index in [4.69, 9.17) is 22.7 Å². The Balaban J connectivity index is 1.71. The third-order valence-electron chi connectivity index (χ3n) is 3.84. The molecule has 2 heterocycles. The Hall–Kier alpha value is -1.70. The molecular weight excluding hydrogens is 330 g/mol. The highest BCUT2D eigenvalue weighted by molar-refractivity contribution is 7.73. The van der Waals surface area contributed by atoms with Crippen LogP contribution in [0.15, 0.2) is 30.3 Å². The van der Waals surface area contributed by atoms with Gasteiger partial charge < -0.3 is 20.4 Å². The van der Waals surface area contributed by atoms with Crippen LogP contribution in [0.1, 0.15) is 28.1 Å². The average molecular weight is 349 g/mol. The number of benzene rings is 1. The van der Waals surface area contributed by atoms with Crippen LogP contribution in [0.3, 0.4) is 0 Å². The van der Waals surface area contributed by atoms with Gasteiger partial charge in [0, 0.05) is 13.2 Å². The van der Waals surface area contributed by atoms with Gasteiger partial charge >= 0.3 is 0 Å². The Morgan fingerprint density at radius 3 is 2.91 bits per heavy atom. The largest absolute Gasteiger partial charge is 0.384 e. The molecule has 0 radical (unpaired) electrons. The van der Waals surface area contributed by atoms with Gasteiger partial charge in [-0.05, 0) is 30.6 Å². The number of ether oxygens (including phenoxy) is 1. The molecule has 1 unspecified atom stereocenters. The normalized spacial score (nSPS) is 17.3. The molecule has 0 spiro atoms. The molecule has 1 aliphatic rings. The van der Waals surface area contributed by atoms with Gasteiger partial charge in [0.1, 0.15) is 10.7 Å². The van der Waals surface area contributed by atoms with Gasteiger partial charge in [-0.15, -0.1) is 0 Å². The first-order chi connectivity index (χ1) is 11.1. The van der Waals surface area contributed by atoms with E-state index in [0.717, 1.165) is 25.0 Å². The molecule has 5 nitrogen and oxygen atoms in total. The number of nitrogens with one attached hydrogen (secondary N) is 1. The van der Waals surface area contributed by atoms with Crippen LogP contribution in [0, 0.1) is 3.95 Å². The van der Waals surface area contributed by atoms with E-state index in [0.29, 0.717) is 27.7 Å². The van der Waals surface area contributed by atoms with Gasteiger partial charge in [-0.1, -0.05) is 41.7 Å². The third-order valence-corrected chi connectivity index (χ3v) is 5.30. The minimum absolute atomic E-state index is 0.111. The molecule has 1 amide bonds. The standard InChI is InChI=1S/C16H19N3O2S2/c17-14-13(15(20)18-9-12-7-4-8-21-12)23-16(22)19(14)10-11-5-2-1-3-6-11/h1-3,5-6,12H,4,7-10,17H2,(H,18,20). The van der Waals surface area contributed by atoms with Gasteiger partial charge in [-0.2, -0.15) is 0 Å². The minimum Gasteiger partial charge on any atom is -0.384 e. The Morgan fingerprint density at radius 1 is 1.43 bits per heavy atom. The van der Waals surface area contributed by atoms with Crippen molar-refractivity contribution in [2.75, 3.05) is 18.9 Å². The topological polar surface area (TPSA) is 69.3 Å². The molecule has 1 fully saturated rings. The molecule has 3 rings (SSSR count). The molecule has 0 bridgehead atoms. The van der Waals surface area contributed by atoms with E-state index in [2.05, 4.69) is 5.32 Å². The molecule has 1 saturated heterocycles. The van der Waals surface area contributed by atoms with Crippen molar-refractivity contribution >= 4 is 35.3 Å². The van der Waals surface area contributed by atoms with E-state index in [9.17, 15) is 4.79 Å².